The third-order valence-corrected chi connectivity index (χ3v) is 10.0. The molecule has 0 atom stereocenters. The zero-order valence-electron chi connectivity index (χ0n) is 24.5. The molecule has 2 aliphatic heterocycles. The molecule has 9 heteroatoms. The summed E-state index contributed by atoms with van der Waals surface area (Å²) >= 11 is 0. The Kier molecular flexibility index (Phi) is 9.13. The average molecular weight is 556 g/mol. The van der Waals surface area contributed by atoms with Crippen LogP contribution in [0.2, 0.25) is 0 Å². The first-order valence-corrected chi connectivity index (χ1v) is 16.1. The monoisotopic (exact) mass is 555 g/mol. The maximum atomic E-state index is 13.4. The highest BCUT2D eigenvalue weighted by molar-refractivity contribution is 7.88. The number of rotatable bonds is 7. The van der Waals surface area contributed by atoms with Gasteiger partial charge in [0.2, 0.25) is 10.0 Å². The zero-order chi connectivity index (χ0) is 28.4. The quantitative estimate of drug-likeness (QED) is 0.516. The standard InChI is InChI=1S/C30H45N5O3S/c1-22-27(12-9-23-7-10-24(11-8-23)30(2,3)4)31-21-32-28(22)29(36)35-19-15-26(16-20-35)34-17-13-25(14-18-34)33(5)39(6,37)38/h7-8,10-11,21,25-26H,9,12-20H2,1-6H3. The molecule has 2 fully saturated rings. The van der Waals surface area contributed by atoms with Crippen molar-refractivity contribution < 1.29 is 13.2 Å². The van der Waals surface area contributed by atoms with Crippen LogP contribution < -0.4 is 0 Å². The van der Waals surface area contributed by atoms with Crippen LogP contribution in [0.5, 0.6) is 0 Å². The smallest absolute Gasteiger partial charge is 0.272 e. The number of nitrogens with zero attached hydrogens (tertiary/aromatic N) is 5. The minimum Gasteiger partial charge on any atom is -0.337 e. The van der Waals surface area contributed by atoms with E-state index in [0.29, 0.717) is 24.8 Å². The molecule has 2 saturated heterocycles. The molecule has 39 heavy (non-hydrogen) atoms. The molecular formula is C30H45N5O3S. The first-order chi connectivity index (χ1) is 18.3. The van der Waals surface area contributed by atoms with Gasteiger partial charge in [-0.2, -0.15) is 0 Å². The molecule has 0 radical (unpaired) electrons. The third-order valence-electron chi connectivity index (χ3n) is 8.67. The van der Waals surface area contributed by atoms with Crippen molar-refractivity contribution >= 4 is 15.9 Å². The molecule has 1 aromatic heterocycles. The van der Waals surface area contributed by atoms with Gasteiger partial charge in [-0.1, -0.05) is 45.0 Å². The molecule has 0 bridgehead atoms. The number of hydrogen-bond acceptors (Lipinski definition) is 6. The van der Waals surface area contributed by atoms with E-state index in [1.54, 1.807) is 7.05 Å². The van der Waals surface area contributed by atoms with E-state index in [2.05, 4.69) is 59.9 Å². The normalized spacial score (nSPS) is 18.6. The summed E-state index contributed by atoms with van der Waals surface area (Å²) in [5, 5.41) is 0. The van der Waals surface area contributed by atoms with Gasteiger partial charge in [0.25, 0.3) is 5.91 Å². The van der Waals surface area contributed by atoms with Crippen molar-refractivity contribution in [3.63, 3.8) is 0 Å². The summed E-state index contributed by atoms with van der Waals surface area (Å²) in [4.78, 5) is 26.8. The number of amides is 1. The minimum atomic E-state index is -3.16. The lowest BCUT2D eigenvalue weighted by Crippen LogP contribution is -2.52. The molecule has 4 rings (SSSR count). The van der Waals surface area contributed by atoms with Crippen molar-refractivity contribution in [3.05, 3.63) is 58.7 Å². The van der Waals surface area contributed by atoms with Gasteiger partial charge in [-0.3, -0.25) is 4.79 Å². The molecule has 0 spiro atoms. The summed E-state index contributed by atoms with van der Waals surface area (Å²) in [6, 6.07) is 9.31. The largest absolute Gasteiger partial charge is 0.337 e. The number of piperidine rings is 2. The lowest BCUT2D eigenvalue weighted by atomic mass is 9.86. The zero-order valence-corrected chi connectivity index (χ0v) is 25.3. The van der Waals surface area contributed by atoms with Gasteiger partial charge in [0.1, 0.15) is 12.0 Å². The van der Waals surface area contributed by atoms with E-state index >= 15 is 0 Å². The Labute approximate surface area is 234 Å². The van der Waals surface area contributed by atoms with Crippen molar-refractivity contribution in [2.24, 2.45) is 0 Å². The van der Waals surface area contributed by atoms with Gasteiger partial charge in [-0.15, -0.1) is 0 Å². The van der Waals surface area contributed by atoms with Crippen LogP contribution in [-0.4, -0.2) is 90.0 Å². The van der Waals surface area contributed by atoms with Crippen molar-refractivity contribution in [1.82, 2.24) is 24.1 Å². The summed E-state index contributed by atoms with van der Waals surface area (Å²) in [6.07, 6.45) is 8.02. The summed E-state index contributed by atoms with van der Waals surface area (Å²) in [5.74, 6) is -0.00221. The fourth-order valence-electron chi connectivity index (χ4n) is 5.86. The Morgan fingerprint density at radius 1 is 0.974 bits per heavy atom. The summed E-state index contributed by atoms with van der Waals surface area (Å²) in [7, 11) is -1.47. The lowest BCUT2D eigenvalue weighted by molar-refractivity contribution is 0.0542. The highest BCUT2D eigenvalue weighted by atomic mass is 32.2. The molecule has 0 saturated carbocycles. The van der Waals surface area contributed by atoms with Crippen LogP contribution in [0.15, 0.2) is 30.6 Å². The van der Waals surface area contributed by atoms with Gasteiger partial charge in [0.05, 0.1) is 6.26 Å². The number of likely N-dealkylation sites (tertiary alicyclic amines) is 2. The van der Waals surface area contributed by atoms with Crippen LogP contribution in [-0.2, 0) is 28.3 Å². The Bertz CT molecular complexity index is 1240. The first-order valence-electron chi connectivity index (χ1n) is 14.2. The fraction of sp³-hybridized carbons (Fsp3) is 0.633. The van der Waals surface area contributed by atoms with Gasteiger partial charge in [0, 0.05) is 43.5 Å². The highest BCUT2D eigenvalue weighted by Gasteiger charge is 2.33. The Morgan fingerprint density at radius 2 is 1.59 bits per heavy atom. The van der Waals surface area contributed by atoms with Crippen LogP contribution in [0.3, 0.4) is 0 Å². The second-order valence-corrected chi connectivity index (χ2v) is 14.4. The van der Waals surface area contributed by atoms with Crippen LogP contribution in [0.25, 0.3) is 0 Å². The fourth-order valence-corrected chi connectivity index (χ4v) is 6.61. The molecular weight excluding hydrogens is 510 g/mol. The number of carbonyl (C=O) groups excluding carboxylic acids is 1. The summed E-state index contributed by atoms with van der Waals surface area (Å²) in [6.45, 7) is 11.9. The summed E-state index contributed by atoms with van der Waals surface area (Å²) in [5.41, 5.74) is 5.07. The number of benzene rings is 1. The van der Waals surface area contributed by atoms with E-state index in [-0.39, 0.29) is 17.4 Å². The molecule has 8 nitrogen and oxygen atoms in total. The molecule has 3 heterocycles. The maximum absolute atomic E-state index is 13.4. The number of carbonyl (C=O) groups is 1. The molecule has 214 valence electrons. The van der Waals surface area contributed by atoms with E-state index in [9.17, 15) is 13.2 Å². The third kappa shape index (κ3) is 7.24. The van der Waals surface area contributed by atoms with Crippen LogP contribution in [0.1, 0.15) is 79.3 Å². The Morgan fingerprint density at radius 3 is 2.15 bits per heavy atom. The van der Waals surface area contributed by atoms with E-state index in [1.807, 2.05) is 11.8 Å². The number of hydrogen-bond donors (Lipinski definition) is 0. The number of aryl methyl sites for hydroxylation is 2. The van der Waals surface area contributed by atoms with E-state index in [0.717, 1.165) is 62.9 Å². The van der Waals surface area contributed by atoms with E-state index in [1.165, 1.54) is 28.0 Å². The van der Waals surface area contributed by atoms with Crippen LogP contribution >= 0.6 is 0 Å². The minimum absolute atomic E-state index is 0.00221. The van der Waals surface area contributed by atoms with Gasteiger partial charge in [0.15, 0.2) is 0 Å². The number of aromatic nitrogens is 2. The van der Waals surface area contributed by atoms with Gasteiger partial charge in [-0.25, -0.2) is 22.7 Å². The van der Waals surface area contributed by atoms with Crippen molar-refractivity contribution in [3.8, 4) is 0 Å². The second-order valence-electron chi connectivity index (χ2n) is 12.3. The van der Waals surface area contributed by atoms with Crippen molar-refractivity contribution in [2.45, 2.75) is 83.7 Å². The first kappa shape index (κ1) is 29.6. The maximum Gasteiger partial charge on any atom is 0.272 e. The second kappa shape index (κ2) is 12.0. The van der Waals surface area contributed by atoms with Gasteiger partial charge >= 0.3 is 0 Å². The van der Waals surface area contributed by atoms with Crippen LogP contribution in [0, 0.1) is 6.92 Å². The SMILES string of the molecule is Cc1c(CCc2ccc(C(C)(C)C)cc2)ncnc1C(=O)N1CCC(N2CCC(N(C)S(C)(=O)=O)CC2)CC1. The lowest BCUT2D eigenvalue weighted by Gasteiger charge is -2.43. The highest BCUT2D eigenvalue weighted by Crippen LogP contribution is 2.26. The predicted molar refractivity (Wildman–Crippen MR) is 155 cm³/mol. The van der Waals surface area contributed by atoms with Crippen molar-refractivity contribution in [1.29, 1.82) is 0 Å². The molecule has 0 unspecified atom stereocenters. The van der Waals surface area contributed by atoms with E-state index in [4.69, 9.17) is 0 Å². The average Bonchev–Trinajstić information content (AvgIpc) is 2.91. The molecule has 0 N–H and O–H groups in total. The molecule has 2 aromatic rings. The van der Waals surface area contributed by atoms with Gasteiger partial charge < -0.3 is 9.80 Å². The summed E-state index contributed by atoms with van der Waals surface area (Å²) < 4.78 is 25.3. The molecule has 1 amide bonds. The molecule has 2 aliphatic rings. The van der Waals surface area contributed by atoms with Gasteiger partial charge in [-0.05, 0) is 75.1 Å². The topological polar surface area (TPSA) is 86.7 Å². The van der Waals surface area contributed by atoms with Crippen molar-refractivity contribution in [2.75, 3.05) is 39.5 Å². The Balaban J connectivity index is 1.30. The van der Waals surface area contributed by atoms with Crippen LogP contribution in [0.4, 0.5) is 0 Å². The predicted octanol–water partition coefficient (Wildman–Crippen LogP) is 3.83. The Hall–Kier alpha value is -2.36. The molecule has 1 aromatic carbocycles. The number of sulfonamides is 1. The van der Waals surface area contributed by atoms with E-state index < -0.39 is 10.0 Å². The molecule has 0 aliphatic carbocycles.